The van der Waals surface area contributed by atoms with Gasteiger partial charge in [-0.15, -0.1) is 0 Å². The fraction of sp³-hybridized carbons (Fsp3) is 0.391. The second-order valence-electron chi connectivity index (χ2n) is 7.06. The molecule has 29 heavy (non-hydrogen) atoms. The predicted molar refractivity (Wildman–Crippen MR) is 113 cm³/mol. The Kier molecular flexibility index (Phi) is 9.02. The van der Waals surface area contributed by atoms with E-state index in [1.54, 1.807) is 24.3 Å². The van der Waals surface area contributed by atoms with Crippen molar-refractivity contribution in [3.05, 3.63) is 59.7 Å². The number of nitrogens with one attached hydrogen (secondary N) is 2. The van der Waals surface area contributed by atoms with Crippen LogP contribution in [0.1, 0.15) is 61.9 Å². The lowest BCUT2D eigenvalue weighted by atomic mass is 10.0. The van der Waals surface area contributed by atoms with E-state index in [0.29, 0.717) is 17.9 Å². The van der Waals surface area contributed by atoms with Crippen molar-refractivity contribution in [3.63, 3.8) is 0 Å². The number of hydrazine groups is 1. The third-order valence-electron chi connectivity index (χ3n) is 4.35. The quantitative estimate of drug-likeness (QED) is 0.464. The van der Waals surface area contributed by atoms with E-state index in [2.05, 4.69) is 31.6 Å². The number of hydrogen-bond donors (Lipinski definition) is 2. The van der Waals surface area contributed by atoms with Crippen molar-refractivity contribution in [1.82, 2.24) is 10.9 Å². The number of para-hydroxylation sites is 1. The topological polar surface area (TPSA) is 76.7 Å². The number of carbonyl (C=O) groups excluding carboxylic acids is 2. The van der Waals surface area contributed by atoms with Crippen LogP contribution in [0.5, 0.6) is 11.5 Å². The lowest BCUT2D eigenvalue weighted by molar-refractivity contribution is -0.123. The summed E-state index contributed by atoms with van der Waals surface area (Å²) in [4.78, 5) is 24.2. The van der Waals surface area contributed by atoms with E-state index in [1.807, 2.05) is 24.3 Å². The van der Waals surface area contributed by atoms with Crippen LogP contribution in [0.3, 0.4) is 0 Å². The molecule has 0 spiro atoms. The standard InChI is InChI=1S/C23H30N2O4/c1-4-5-8-15-28-19-13-11-18(12-14-19)23(27)25-24-22(26)16-29-21-10-7-6-9-20(21)17(2)3/h6-7,9-14,17H,4-5,8,15-16H2,1-3H3,(H,24,26)(H,25,27). The van der Waals surface area contributed by atoms with Gasteiger partial charge in [-0.2, -0.15) is 0 Å². The Morgan fingerprint density at radius 2 is 1.66 bits per heavy atom. The highest BCUT2D eigenvalue weighted by molar-refractivity contribution is 5.95. The first-order chi connectivity index (χ1) is 14.0. The average Bonchev–Trinajstić information content (AvgIpc) is 2.74. The molecule has 2 rings (SSSR count). The Morgan fingerprint density at radius 3 is 2.34 bits per heavy atom. The van der Waals surface area contributed by atoms with Crippen molar-refractivity contribution in [2.24, 2.45) is 0 Å². The van der Waals surface area contributed by atoms with Gasteiger partial charge >= 0.3 is 0 Å². The zero-order valence-corrected chi connectivity index (χ0v) is 17.4. The third-order valence-corrected chi connectivity index (χ3v) is 4.35. The van der Waals surface area contributed by atoms with E-state index in [0.717, 1.165) is 30.6 Å². The van der Waals surface area contributed by atoms with Crippen LogP contribution in [-0.4, -0.2) is 25.0 Å². The van der Waals surface area contributed by atoms with Gasteiger partial charge in [0.1, 0.15) is 11.5 Å². The third kappa shape index (κ3) is 7.49. The Labute approximate surface area is 172 Å². The SMILES string of the molecule is CCCCCOc1ccc(C(=O)NNC(=O)COc2ccccc2C(C)C)cc1. The van der Waals surface area contributed by atoms with Gasteiger partial charge in [-0.3, -0.25) is 20.4 Å². The average molecular weight is 399 g/mol. The largest absolute Gasteiger partial charge is 0.494 e. The Morgan fingerprint density at radius 1 is 0.931 bits per heavy atom. The Hall–Kier alpha value is -3.02. The van der Waals surface area contributed by atoms with E-state index in [1.165, 1.54) is 0 Å². The van der Waals surface area contributed by atoms with Crippen molar-refractivity contribution < 1.29 is 19.1 Å². The molecule has 0 aromatic heterocycles. The van der Waals surface area contributed by atoms with Crippen molar-refractivity contribution in [2.45, 2.75) is 46.0 Å². The molecule has 0 bridgehead atoms. The zero-order valence-electron chi connectivity index (χ0n) is 17.4. The maximum Gasteiger partial charge on any atom is 0.276 e. The predicted octanol–water partition coefficient (Wildman–Crippen LogP) is 4.22. The molecular formula is C23H30N2O4. The van der Waals surface area contributed by atoms with Crippen LogP contribution in [0.15, 0.2) is 48.5 Å². The molecule has 0 heterocycles. The van der Waals surface area contributed by atoms with Gasteiger partial charge in [0.05, 0.1) is 6.61 Å². The molecule has 0 aliphatic carbocycles. The van der Waals surface area contributed by atoms with E-state index in [9.17, 15) is 9.59 Å². The molecule has 156 valence electrons. The minimum absolute atomic E-state index is 0.186. The number of hydrogen-bond acceptors (Lipinski definition) is 4. The minimum atomic E-state index is -0.437. The summed E-state index contributed by atoms with van der Waals surface area (Å²) in [5, 5.41) is 0. The van der Waals surface area contributed by atoms with Gasteiger partial charge in [0.25, 0.3) is 11.8 Å². The first kappa shape index (κ1) is 22.3. The van der Waals surface area contributed by atoms with Crippen molar-refractivity contribution in [1.29, 1.82) is 0 Å². The molecule has 0 atom stereocenters. The minimum Gasteiger partial charge on any atom is -0.494 e. The van der Waals surface area contributed by atoms with E-state index in [4.69, 9.17) is 9.47 Å². The Balaban J connectivity index is 1.76. The molecule has 0 unspecified atom stereocenters. The van der Waals surface area contributed by atoms with Crippen LogP contribution in [0.25, 0.3) is 0 Å². The molecule has 2 amide bonds. The van der Waals surface area contributed by atoms with Gasteiger partial charge in [0.15, 0.2) is 6.61 Å². The van der Waals surface area contributed by atoms with E-state index in [-0.39, 0.29) is 12.5 Å². The smallest absolute Gasteiger partial charge is 0.276 e. The molecular weight excluding hydrogens is 368 g/mol. The molecule has 0 saturated carbocycles. The van der Waals surface area contributed by atoms with Crippen LogP contribution in [0.2, 0.25) is 0 Å². The Bertz CT molecular complexity index is 788. The highest BCUT2D eigenvalue weighted by Crippen LogP contribution is 2.25. The maximum absolute atomic E-state index is 12.2. The van der Waals surface area contributed by atoms with Crippen molar-refractivity contribution in [2.75, 3.05) is 13.2 Å². The maximum atomic E-state index is 12.2. The summed E-state index contributed by atoms with van der Waals surface area (Å²) < 4.78 is 11.2. The normalized spacial score (nSPS) is 10.5. The lowest BCUT2D eigenvalue weighted by Crippen LogP contribution is -2.43. The number of benzene rings is 2. The zero-order chi connectivity index (χ0) is 21.1. The van der Waals surface area contributed by atoms with Crippen LogP contribution in [0.4, 0.5) is 0 Å². The summed E-state index contributed by atoms with van der Waals surface area (Å²) in [5.41, 5.74) is 6.22. The second-order valence-corrected chi connectivity index (χ2v) is 7.06. The van der Waals surface area contributed by atoms with Gasteiger partial charge in [0, 0.05) is 5.56 Å². The molecule has 0 radical (unpaired) electrons. The van der Waals surface area contributed by atoms with Crippen LogP contribution < -0.4 is 20.3 Å². The first-order valence-corrected chi connectivity index (χ1v) is 10.0. The summed E-state index contributed by atoms with van der Waals surface area (Å²) in [5.74, 6) is 0.830. The van der Waals surface area contributed by atoms with Gasteiger partial charge in [-0.05, 0) is 48.2 Å². The number of carbonyl (C=O) groups is 2. The fourth-order valence-electron chi connectivity index (χ4n) is 2.71. The number of unbranched alkanes of at least 4 members (excludes halogenated alkanes) is 2. The summed E-state index contributed by atoms with van der Waals surface area (Å²) in [6, 6.07) is 14.4. The molecule has 6 heteroatoms. The molecule has 0 fully saturated rings. The molecule has 0 aliphatic heterocycles. The van der Waals surface area contributed by atoms with Gasteiger partial charge in [-0.1, -0.05) is 51.8 Å². The fourth-order valence-corrected chi connectivity index (χ4v) is 2.71. The van der Waals surface area contributed by atoms with Crippen LogP contribution in [0, 0.1) is 0 Å². The molecule has 0 aliphatic rings. The first-order valence-electron chi connectivity index (χ1n) is 10.0. The molecule has 0 saturated heterocycles. The van der Waals surface area contributed by atoms with Crippen molar-refractivity contribution >= 4 is 11.8 Å². The van der Waals surface area contributed by atoms with E-state index >= 15 is 0 Å². The van der Waals surface area contributed by atoms with Gasteiger partial charge < -0.3 is 9.47 Å². The number of ether oxygens (including phenoxy) is 2. The van der Waals surface area contributed by atoms with Crippen LogP contribution >= 0.6 is 0 Å². The summed E-state index contributed by atoms with van der Waals surface area (Å²) in [7, 11) is 0. The highest BCUT2D eigenvalue weighted by Gasteiger charge is 2.11. The summed E-state index contributed by atoms with van der Waals surface area (Å²) in [6.07, 6.45) is 3.28. The number of amides is 2. The number of rotatable bonds is 10. The summed E-state index contributed by atoms with van der Waals surface area (Å²) >= 11 is 0. The lowest BCUT2D eigenvalue weighted by Gasteiger charge is -2.14. The van der Waals surface area contributed by atoms with Crippen LogP contribution in [-0.2, 0) is 4.79 Å². The molecule has 2 aromatic rings. The summed E-state index contributed by atoms with van der Waals surface area (Å²) in [6.45, 7) is 6.74. The highest BCUT2D eigenvalue weighted by atomic mass is 16.5. The monoisotopic (exact) mass is 398 g/mol. The molecule has 2 aromatic carbocycles. The van der Waals surface area contributed by atoms with Gasteiger partial charge in [0.2, 0.25) is 0 Å². The molecule has 2 N–H and O–H groups in total. The second kappa shape index (κ2) is 11.7. The van der Waals surface area contributed by atoms with Gasteiger partial charge in [-0.25, -0.2) is 0 Å². The van der Waals surface area contributed by atoms with Crippen molar-refractivity contribution in [3.8, 4) is 11.5 Å². The van der Waals surface area contributed by atoms with E-state index < -0.39 is 11.8 Å². The molecule has 6 nitrogen and oxygen atoms in total.